The first-order valence-corrected chi connectivity index (χ1v) is 10.2. The second kappa shape index (κ2) is 11.1. The van der Waals surface area contributed by atoms with Crippen LogP contribution in [-0.4, -0.2) is 29.2 Å². The van der Waals surface area contributed by atoms with Gasteiger partial charge in [-0.15, -0.1) is 0 Å². The molecule has 0 unspecified atom stereocenters. The van der Waals surface area contributed by atoms with E-state index in [1.807, 2.05) is 30.3 Å². The van der Waals surface area contributed by atoms with Gasteiger partial charge in [0.2, 0.25) is 0 Å². The van der Waals surface area contributed by atoms with Crippen LogP contribution in [0.5, 0.6) is 11.5 Å². The molecular formula is C22H18ClN3O5S. The number of para-hydroxylation sites is 2. The summed E-state index contributed by atoms with van der Waals surface area (Å²) in [4.78, 5) is 23.3. The van der Waals surface area contributed by atoms with Gasteiger partial charge in [-0.2, -0.15) is 0 Å². The first-order valence-electron chi connectivity index (χ1n) is 9.40. The molecule has 0 atom stereocenters. The summed E-state index contributed by atoms with van der Waals surface area (Å²) >= 11 is 10.9. The maximum absolute atomic E-state index is 12.7. The van der Waals surface area contributed by atoms with Crippen molar-refractivity contribution in [3.63, 3.8) is 0 Å². The number of nitrogens with one attached hydrogen (secondary N) is 2. The Labute approximate surface area is 194 Å². The Morgan fingerprint density at radius 3 is 2.44 bits per heavy atom. The number of nitro groups is 1. The zero-order valence-corrected chi connectivity index (χ0v) is 18.2. The fraction of sp³-hybridized carbons (Fsp3) is 0.0909. The molecule has 0 bridgehead atoms. The first-order chi connectivity index (χ1) is 15.4. The summed E-state index contributed by atoms with van der Waals surface area (Å²) in [5.41, 5.74) is 0.0884. The lowest BCUT2D eigenvalue weighted by Gasteiger charge is -2.13. The van der Waals surface area contributed by atoms with E-state index in [9.17, 15) is 14.9 Å². The number of ether oxygens (including phenoxy) is 2. The van der Waals surface area contributed by atoms with Gasteiger partial charge in [-0.25, -0.2) is 0 Å². The predicted octanol–water partition coefficient (Wildman–Crippen LogP) is 4.83. The number of thiocarbonyl (C=S) groups is 1. The Morgan fingerprint density at radius 2 is 1.69 bits per heavy atom. The number of anilines is 1. The number of nitro benzene ring substituents is 1. The number of carbonyl (C=O) groups excluding carboxylic acids is 1. The molecule has 10 heteroatoms. The van der Waals surface area contributed by atoms with Crippen LogP contribution in [0.15, 0.2) is 72.8 Å². The van der Waals surface area contributed by atoms with Gasteiger partial charge in [0, 0.05) is 11.1 Å². The van der Waals surface area contributed by atoms with Crippen molar-refractivity contribution in [3.05, 3.63) is 93.5 Å². The van der Waals surface area contributed by atoms with Crippen molar-refractivity contribution in [2.45, 2.75) is 0 Å². The third-order valence-corrected chi connectivity index (χ3v) is 4.56. The Morgan fingerprint density at radius 1 is 1.00 bits per heavy atom. The molecule has 3 rings (SSSR count). The molecule has 0 saturated heterocycles. The summed E-state index contributed by atoms with van der Waals surface area (Å²) < 4.78 is 11.3. The number of hydrogen-bond donors (Lipinski definition) is 2. The van der Waals surface area contributed by atoms with E-state index >= 15 is 0 Å². The van der Waals surface area contributed by atoms with Crippen LogP contribution in [0.2, 0.25) is 5.02 Å². The van der Waals surface area contributed by atoms with Crippen molar-refractivity contribution < 1.29 is 19.2 Å². The Bertz CT molecular complexity index is 1130. The van der Waals surface area contributed by atoms with Gasteiger partial charge in [-0.05, 0) is 48.6 Å². The fourth-order valence-corrected chi connectivity index (χ4v) is 3.06. The summed E-state index contributed by atoms with van der Waals surface area (Å²) in [7, 11) is 0. The van der Waals surface area contributed by atoms with Crippen molar-refractivity contribution in [1.82, 2.24) is 5.32 Å². The van der Waals surface area contributed by atoms with Gasteiger partial charge in [-0.3, -0.25) is 20.2 Å². The van der Waals surface area contributed by atoms with E-state index in [1.165, 1.54) is 18.2 Å². The largest absolute Gasteiger partial charge is 0.490 e. The normalized spacial score (nSPS) is 10.2. The second-order valence-electron chi connectivity index (χ2n) is 6.33. The van der Waals surface area contributed by atoms with E-state index in [0.29, 0.717) is 12.4 Å². The van der Waals surface area contributed by atoms with E-state index in [1.54, 1.807) is 24.3 Å². The van der Waals surface area contributed by atoms with Crippen LogP contribution >= 0.6 is 23.8 Å². The molecule has 8 nitrogen and oxygen atoms in total. The SMILES string of the molecule is O=C(NC(=S)Nc1ccc(Cl)cc1[N+](=O)[O-])c1ccccc1OCCOc1ccccc1. The van der Waals surface area contributed by atoms with Gasteiger partial charge >= 0.3 is 0 Å². The molecule has 2 N–H and O–H groups in total. The van der Waals surface area contributed by atoms with Crippen molar-refractivity contribution >= 4 is 46.2 Å². The molecule has 0 fully saturated rings. The summed E-state index contributed by atoms with van der Waals surface area (Å²) in [5, 5.41) is 16.5. The maximum Gasteiger partial charge on any atom is 0.294 e. The number of benzene rings is 3. The molecule has 0 aliphatic heterocycles. The van der Waals surface area contributed by atoms with Crippen LogP contribution in [0.4, 0.5) is 11.4 Å². The Kier molecular flexibility index (Phi) is 7.96. The van der Waals surface area contributed by atoms with Crippen LogP contribution in [0.1, 0.15) is 10.4 Å². The number of amides is 1. The average Bonchev–Trinajstić information content (AvgIpc) is 2.78. The van der Waals surface area contributed by atoms with Gasteiger partial charge in [0.1, 0.15) is 30.4 Å². The minimum atomic E-state index is -0.598. The van der Waals surface area contributed by atoms with E-state index in [2.05, 4.69) is 10.6 Å². The molecular weight excluding hydrogens is 454 g/mol. The third-order valence-electron chi connectivity index (χ3n) is 4.12. The quantitative estimate of drug-likeness (QED) is 0.210. The average molecular weight is 472 g/mol. The second-order valence-corrected chi connectivity index (χ2v) is 7.18. The molecule has 0 radical (unpaired) electrons. The molecule has 0 spiro atoms. The van der Waals surface area contributed by atoms with E-state index in [-0.39, 0.29) is 33.7 Å². The summed E-state index contributed by atoms with van der Waals surface area (Å²) in [6.07, 6.45) is 0. The highest BCUT2D eigenvalue weighted by atomic mass is 35.5. The van der Waals surface area contributed by atoms with Crippen molar-refractivity contribution in [1.29, 1.82) is 0 Å². The molecule has 164 valence electrons. The van der Waals surface area contributed by atoms with E-state index in [0.717, 1.165) is 5.75 Å². The number of carbonyl (C=O) groups is 1. The predicted molar refractivity (Wildman–Crippen MR) is 126 cm³/mol. The highest BCUT2D eigenvalue weighted by Crippen LogP contribution is 2.27. The zero-order valence-electron chi connectivity index (χ0n) is 16.6. The third kappa shape index (κ3) is 6.40. The Hall–Kier alpha value is -3.69. The molecule has 0 saturated carbocycles. The van der Waals surface area contributed by atoms with Crippen LogP contribution in [0.25, 0.3) is 0 Å². The molecule has 0 aliphatic carbocycles. The van der Waals surface area contributed by atoms with Crippen LogP contribution in [0, 0.1) is 10.1 Å². The number of hydrogen-bond acceptors (Lipinski definition) is 6. The molecule has 0 heterocycles. The molecule has 0 aliphatic rings. The monoisotopic (exact) mass is 471 g/mol. The molecule has 0 aromatic heterocycles. The Balaban J connectivity index is 1.59. The minimum absolute atomic E-state index is 0.104. The van der Waals surface area contributed by atoms with Crippen LogP contribution < -0.4 is 20.1 Å². The van der Waals surface area contributed by atoms with Crippen LogP contribution in [-0.2, 0) is 0 Å². The topological polar surface area (TPSA) is 103 Å². The zero-order chi connectivity index (χ0) is 22.9. The summed E-state index contributed by atoms with van der Waals surface area (Å²) in [6.45, 7) is 0.513. The molecule has 1 amide bonds. The lowest BCUT2D eigenvalue weighted by atomic mass is 10.2. The summed E-state index contributed by atoms with van der Waals surface area (Å²) in [5.74, 6) is 0.537. The van der Waals surface area contributed by atoms with Gasteiger partial charge < -0.3 is 14.8 Å². The highest BCUT2D eigenvalue weighted by molar-refractivity contribution is 7.80. The van der Waals surface area contributed by atoms with Crippen molar-refractivity contribution in [2.24, 2.45) is 0 Å². The van der Waals surface area contributed by atoms with Gasteiger partial charge in [-0.1, -0.05) is 41.9 Å². The van der Waals surface area contributed by atoms with Crippen molar-refractivity contribution in [3.8, 4) is 11.5 Å². The smallest absolute Gasteiger partial charge is 0.294 e. The van der Waals surface area contributed by atoms with Gasteiger partial charge in [0.15, 0.2) is 5.11 Å². The number of nitrogens with zero attached hydrogens (tertiary/aromatic N) is 1. The summed E-state index contributed by atoms with van der Waals surface area (Å²) in [6, 6.07) is 20.0. The van der Waals surface area contributed by atoms with Gasteiger partial charge in [0.25, 0.3) is 11.6 Å². The van der Waals surface area contributed by atoms with Gasteiger partial charge in [0.05, 0.1) is 10.5 Å². The van der Waals surface area contributed by atoms with Crippen LogP contribution in [0.3, 0.4) is 0 Å². The lowest BCUT2D eigenvalue weighted by molar-refractivity contribution is -0.383. The number of halogens is 1. The lowest BCUT2D eigenvalue weighted by Crippen LogP contribution is -2.34. The minimum Gasteiger partial charge on any atom is -0.490 e. The molecule has 3 aromatic carbocycles. The number of rotatable bonds is 8. The highest BCUT2D eigenvalue weighted by Gasteiger charge is 2.18. The first kappa shape index (κ1) is 23.0. The fourth-order valence-electron chi connectivity index (χ4n) is 2.69. The molecule has 32 heavy (non-hydrogen) atoms. The molecule has 3 aromatic rings. The van der Waals surface area contributed by atoms with E-state index in [4.69, 9.17) is 33.3 Å². The standard InChI is InChI=1S/C22H18ClN3O5S/c23-15-10-11-18(19(14-15)26(28)29)24-22(32)25-21(27)17-8-4-5-9-20(17)31-13-12-30-16-6-2-1-3-7-16/h1-11,14H,12-13H2,(H2,24,25,27,32). The van der Waals surface area contributed by atoms with E-state index < -0.39 is 10.8 Å². The maximum atomic E-state index is 12.7. The van der Waals surface area contributed by atoms with Crippen molar-refractivity contribution in [2.75, 3.05) is 18.5 Å².